The summed E-state index contributed by atoms with van der Waals surface area (Å²) in [5.74, 6) is -0.0741. The number of aryl methyl sites for hydroxylation is 3. The Morgan fingerprint density at radius 1 is 1.14 bits per heavy atom. The van der Waals surface area contributed by atoms with Gasteiger partial charge in [-0.3, -0.25) is 14.4 Å². The molecule has 1 amide bonds. The zero-order valence-electron chi connectivity index (χ0n) is 16.5. The minimum Gasteiger partial charge on any atom is -0.282 e. The van der Waals surface area contributed by atoms with Crippen molar-refractivity contribution in [2.24, 2.45) is 0 Å². The molecule has 0 spiro atoms. The van der Waals surface area contributed by atoms with E-state index in [0.717, 1.165) is 27.2 Å². The lowest BCUT2D eigenvalue weighted by atomic mass is 10.2. The molecule has 2 heterocycles. The average molecular weight is 425 g/mol. The number of carbonyl (C=O) groups is 1. The molecule has 0 bridgehead atoms. The molecule has 0 unspecified atom stereocenters. The van der Waals surface area contributed by atoms with Gasteiger partial charge in [0.25, 0.3) is 5.91 Å². The Morgan fingerprint density at radius 2 is 1.90 bits per heavy atom. The molecular weight excluding hydrogens is 404 g/mol. The van der Waals surface area contributed by atoms with Crippen molar-refractivity contribution in [1.82, 2.24) is 14.8 Å². The van der Waals surface area contributed by atoms with Crippen molar-refractivity contribution in [1.29, 1.82) is 0 Å². The quantitative estimate of drug-likeness (QED) is 0.430. The van der Waals surface area contributed by atoms with Crippen molar-refractivity contribution >= 4 is 44.2 Å². The van der Waals surface area contributed by atoms with E-state index in [2.05, 4.69) is 5.10 Å². The third-order valence-electron chi connectivity index (χ3n) is 4.87. The van der Waals surface area contributed by atoms with Crippen LogP contribution in [0.25, 0.3) is 10.2 Å². The number of rotatable bonds is 5. The topological polar surface area (TPSA) is 51.0 Å². The SMILES string of the molecule is Cc1cc(C)n(CCN(C(=O)c2ccccc2)c2nc3c(C)c(Cl)ccc3s2)n1. The van der Waals surface area contributed by atoms with Crippen LogP contribution in [0.2, 0.25) is 5.02 Å². The first-order valence-corrected chi connectivity index (χ1v) is 10.6. The molecule has 7 heteroatoms. The molecule has 0 saturated carbocycles. The summed E-state index contributed by atoms with van der Waals surface area (Å²) in [4.78, 5) is 19.8. The number of benzene rings is 2. The molecule has 0 aliphatic rings. The molecule has 4 aromatic rings. The largest absolute Gasteiger partial charge is 0.282 e. The predicted molar refractivity (Wildman–Crippen MR) is 119 cm³/mol. The van der Waals surface area contributed by atoms with Gasteiger partial charge in [0, 0.05) is 22.8 Å². The highest BCUT2D eigenvalue weighted by atomic mass is 35.5. The number of fused-ring (bicyclic) bond motifs is 1. The van der Waals surface area contributed by atoms with Crippen LogP contribution in [0.15, 0.2) is 48.5 Å². The van der Waals surface area contributed by atoms with Gasteiger partial charge >= 0.3 is 0 Å². The van der Waals surface area contributed by atoms with Crippen molar-refractivity contribution in [3.8, 4) is 0 Å². The van der Waals surface area contributed by atoms with E-state index in [1.165, 1.54) is 11.3 Å². The molecule has 0 N–H and O–H groups in total. The van der Waals surface area contributed by atoms with Gasteiger partial charge in [-0.1, -0.05) is 41.1 Å². The standard InChI is InChI=1S/C22H21ClN4OS/c1-14-13-15(2)27(25-14)12-11-26(21(28)17-7-5-4-6-8-17)22-24-20-16(3)18(23)9-10-19(20)29-22/h4-10,13H,11-12H2,1-3H3. The number of halogens is 1. The molecule has 148 valence electrons. The second-order valence-electron chi connectivity index (χ2n) is 6.99. The summed E-state index contributed by atoms with van der Waals surface area (Å²) in [6, 6.07) is 15.2. The smallest absolute Gasteiger partial charge is 0.260 e. The Labute approximate surface area is 178 Å². The number of hydrogen-bond donors (Lipinski definition) is 0. The molecule has 2 aromatic heterocycles. The van der Waals surface area contributed by atoms with Crippen molar-refractivity contribution in [2.75, 3.05) is 11.4 Å². The number of nitrogens with zero attached hydrogens (tertiary/aromatic N) is 4. The van der Waals surface area contributed by atoms with E-state index in [-0.39, 0.29) is 5.91 Å². The fraction of sp³-hybridized carbons (Fsp3) is 0.227. The van der Waals surface area contributed by atoms with Crippen LogP contribution < -0.4 is 4.90 Å². The third kappa shape index (κ3) is 3.91. The lowest BCUT2D eigenvalue weighted by Crippen LogP contribution is -2.34. The Bertz CT molecular complexity index is 1180. The minimum atomic E-state index is -0.0741. The highest BCUT2D eigenvalue weighted by Crippen LogP contribution is 2.34. The first-order chi connectivity index (χ1) is 13.9. The van der Waals surface area contributed by atoms with E-state index in [1.807, 2.05) is 74.0 Å². The van der Waals surface area contributed by atoms with E-state index < -0.39 is 0 Å². The molecule has 4 rings (SSSR count). The van der Waals surface area contributed by atoms with E-state index in [0.29, 0.717) is 28.8 Å². The normalized spacial score (nSPS) is 11.2. The van der Waals surface area contributed by atoms with Crippen molar-refractivity contribution in [3.05, 3.63) is 76.1 Å². The summed E-state index contributed by atoms with van der Waals surface area (Å²) in [5.41, 5.74) is 4.44. The second kappa shape index (κ2) is 7.97. The van der Waals surface area contributed by atoms with E-state index >= 15 is 0 Å². The Morgan fingerprint density at radius 3 is 2.59 bits per heavy atom. The molecule has 0 saturated heterocycles. The van der Waals surface area contributed by atoms with Crippen LogP contribution in [0.3, 0.4) is 0 Å². The van der Waals surface area contributed by atoms with Crippen LogP contribution >= 0.6 is 22.9 Å². The van der Waals surface area contributed by atoms with Gasteiger partial charge in [-0.05, 0) is 56.7 Å². The maximum Gasteiger partial charge on any atom is 0.260 e. The van der Waals surface area contributed by atoms with Crippen LogP contribution in [0.1, 0.15) is 27.3 Å². The van der Waals surface area contributed by atoms with Crippen LogP contribution in [0.4, 0.5) is 5.13 Å². The average Bonchev–Trinajstić information content (AvgIpc) is 3.28. The Kier molecular flexibility index (Phi) is 5.39. The van der Waals surface area contributed by atoms with E-state index in [4.69, 9.17) is 16.6 Å². The van der Waals surface area contributed by atoms with Crippen LogP contribution in [-0.2, 0) is 6.54 Å². The Hall–Kier alpha value is -2.70. The summed E-state index contributed by atoms with van der Waals surface area (Å²) in [6.07, 6.45) is 0. The predicted octanol–water partition coefficient (Wildman–Crippen LogP) is 5.42. The third-order valence-corrected chi connectivity index (χ3v) is 6.33. The number of carbonyl (C=O) groups excluding carboxylic acids is 1. The molecule has 0 aliphatic carbocycles. The molecule has 0 fully saturated rings. The van der Waals surface area contributed by atoms with Crippen LogP contribution in [0.5, 0.6) is 0 Å². The number of thiazole rings is 1. The van der Waals surface area contributed by atoms with Crippen molar-refractivity contribution in [2.45, 2.75) is 27.3 Å². The van der Waals surface area contributed by atoms with Gasteiger partial charge in [0.1, 0.15) is 0 Å². The summed E-state index contributed by atoms with van der Waals surface area (Å²) >= 11 is 7.77. The Balaban J connectivity index is 1.72. The summed E-state index contributed by atoms with van der Waals surface area (Å²) < 4.78 is 2.94. The maximum atomic E-state index is 13.3. The zero-order chi connectivity index (χ0) is 20.5. The highest BCUT2D eigenvalue weighted by molar-refractivity contribution is 7.22. The van der Waals surface area contributed by atoms with Gasteiger partial charge in [-0.25, -0.2) is 4.98 Å². The number of anilines is 1. The van der Waals surface area contributed by atoms with E-state index in [1.54, 1.807) is 4.90 Å². The summed E-state index contributed by atoms with van der Waals surface area (Å²) in [7, 11) is 0. The molecule has 0 atom stereocenters. The zero-order valence-corrected chi connectivity index (χ0v) is 18.1. The number of amides is 1. The molecule has 2 aromatic carbocycles. The lowest BCUT2D eigenvalue weighted by molar-refractivity contribution is 0.0985. The van der Waals surface area contributed by atoms with Gasteiger partial charge in [-0.2, -0.15) is 5.10 Å². The van der Waals surface area contributed by atoms with Gasteiger partial charge < -0.3 is 0 Å². The maximum absolute atomic E-state index is 13.3. The monoisotopic (exact) mass is 424 g/mol. The molecule has 5 nitrogen and oxygen atoms in total. The molecule has 0 radical (unpaired) electrons. The molecule has 29 heavy (non-hydrogen) atoms. The van der Waals surface area contributed by atoms with Crippen molar-refractivity contribution in [3.63, 3.8) is 0 Å². The summed E-state index contributed by atoms with van der Waals surface area (Å²) in [5, 5.41) is 5.87. The lowest BCUT2D eigenvalue weighted by Gasteiger charge is -2.20. The second-order valence-corrected chi connectivity index (χ2v) is 8.40. The fourth-order valence-electron chi connectivity index (χ4n) is 3.32. The van der Waals surface area contributed by atoms with Crippen molar-refractivity contribution < 1.29 is 4.79 Å². The first kappa shape index (κ1) is 19.6. The highest BCUT2D eigenvalue weighted by Gasteiger charge is 2.22. The van der Waals surface area contributed by atoms with Crippen LogP contribution in [0, 0.1) is 20.8 Å². The van der Waals surface area contributed by atoms with Gasteiger partial charge in [-0.15, -0.1) is 0 Å². The number of aromatic nitrogens is 3. The van der Waals surface area contributed by atoms with E-state index in [9.17, 15) is 4.79 Å². The van der Waals surface area contributed by atoms with Gasteiger partial charge in [0.15, 0.2) is 5.13 Å². The fourth-order valence-corrected chi connectivity index (χ4v) is 4.52. The molecular formula is C22H21ClN4OS. The van der Waals surface area contributed by atoms with Gasteiger partial charge in [0.2, 0.25) is 0 Å². The van der Waals surface area contributed by atoms with Gasteiger partial charge in [0.05, 0.1) is 22.5 Å². The summed E-state index contributed by atoms with van der Waals surface area (Å²) in [6.45, 7) is 7.01. The first-order valence-electron chi connectivity index (χ1n) is 9.37. The number of hydrogen-bond acceptors (Lipinski definition) is 4. The molecule has 0 aliphatic heterocycles. The minimum absolute atomic E-state index is 0.0741. The van der Waals surface area contributed by atoms with Crippen LogP contribution in [-0.4, -0.2) is 27.2 Å².